The molecule has 0 saturated carbocycles. The fourth-order valence-corrected chi connectivity index (χ4v) is 3.61. The number of nitrogens with one attached hydrogen (secondary N) is 1. The number of likely N-dealkylation sites (N-methyl/N-ethyl adjacent to an activating group) is 1. The van der Waals surface area contributed by atoms with Crippen molar-refractivity contribution >= 4 is 17.4 Å². The second-order valence-electron chi connectivity index (χ2n) is 7.75. The molecule has 0 atom stereocenters. The molecule has 0 radical (unpaired) electrons. The van der Waals surface area contributed by atoms with Gasteiger partial charge in [0.15, 0.2) is 5.82 Å². The Kier molecular flexibility index (Phi) is 6.09. The van der Waals surface area contributed by atoms with E-state index in [4.69, 9.17) is 4.98 Å². The Bertz CT molecular complexity index is 1140. The van der Waals surface area contributed by atoms with Crippen molar-refractivity contribution in [1.82, 2.24) is 19.8 Å². The Morgan fingerprint density at radius 2 is 1.69 bits per heavy atom. The van der Waals surface area contributed by atoms with E-state index in [0.29, 0.717) is 41.6 Å². The quantitative estimate of drug-likeness (QED) is 0.497. The predicted molar refractivity (Wildman–Crippen MR) is 122 cm³/mol. The van der Waals surface area contributed by atoms with Gasteiger partial charge in [0.2, 0.25) is 0 Å². The summed E-state index contributed by atoms with van der Waals surface area (Å²) in [5.74, 6) is 0.488. The summed E-state index contributed by atoms with van der Waals surface area (Å²) < 4.78 is 0. The standard InChI is InChI=1S/C23H24N6O3/c1-16-20(26-23(30)28-13-11-27(2)12-14-28)21(18-9-6-10-19(15-18)29(31)32)25-22(24-16)17-7-4-3-5-8-17/h3-10,15H,11-14H2,1-2H3,(H,26,30). The summed E-state index contributed by atoms with van der Waals surface area (Å²) in [6, 6.07) is 15.5. The average molecular weight is 432 g/mol. The van der Waals surface area contributed by atoms with Gasteiger partial charge in [-0.15, -0.1) is 0 Å². The highest BCUT2D eigenvalue weighted by atomic mass is 16.6. The highest BCUT2D eigenvalue weighted by Gasteiger charge is 2.23. The molecule has 32 heavy (non-hydrogen) atoms. The fraction of sp³-hybridized carbons (Fsp3) is 0.261. The molecular formula is C23H24N6O3. The smallest absolute Gasteiger partial charge is 0.322 e. The van der Waals surface area contributed by atoms with E-state index in [1.807, 2.05) is 37.4 Å². The molecule has 0 unspecified atom stereocenters. The van der Waals surface area contributed by atoms with Gasteiger partial charge in [-0.1, -0.05) is 42.5 Å². The van der Waals surface area contributed by atoms with Crippen LogP contribution in [0, 0.1) is 17.0 Å². The molecular weight excluding hydrogens is 408 g/mol. The van der Waals surface area contributed by atoms with Gasteiger partial charge in [0.05, 0.1) is 22.0 Å². The summed E-state index contributed by atoms with van der Waals surface area (Å²) in [6.45, 7) is 4.64. The molecule has 1 saturated heterocycles. The van der Waals surface area contributed by atoms with Crippen LogP contribution >= 0.6 is 0 Å². The third-order valence-corrected chi connectivity index (χ3v) is 5.47. The van der Waals surface area contributed by atoms with Crippen molar-refractivity contribution in [2.45, 2.75) is 6.92 Å². The third-order valence-electron chi connectivity index (χ3n) is 5.47. The van der Waals surface area contributed by atoms with Gasteiger partial charge in [-0.05, 0) is 14.0 Å². The highest BCUT2D eigenvalue weighted by molar-refractivity contribution is 5.95. The first kappa shape index (κ1) is 21.4. The first-order chi connectivity index (χ1) is 15.4. The molecule has 2 aromatic carbocycles. The highest BCUT2D eigenvalue weighted by Crippen LogP contribution is 2.33. The molecule has 1 aliphatic heterocycles. The number of amides is 2. The molecule has 3 aromatic rings. The number of hydrogen-bond donors (Lipinski definition) is 1. The van der Waals surface area contributed by atoms with E-state index in [1.54, 1.807) is 24.0 Å². The van der Waals surface area contributed by atoms with E-state index in [-0.39, 0.29) is 11.7 Å². The van der Waals surface area contributed by atoms with Crippen LogP contribution < -0.4 is 5.32 Å². The van der Waals surface area contributed by atoms with E-state index in [2.05, 4.69) is 15.2 Å². The minimum absolute atomic E-state index is 0.0450. The zero-order valence-corrected chi connectivity index (χ0v) is 18.0. The number of nitro benzene ring substituents is 1. The van der Waals surface area contributed by atoms with Crippen LogP contribution in [-0.2, 0) is 0 Å². The molecule has 2 amide bonds. The van der Waals surface area contributed by atoms with Crippen molar-refractivity contribution in [1.29, 1.82) is 0 Å². The minimum Gasteiger partial charge on any atom is -0.322 e. The summed E-state index contributed by atoms with van der Waals surface area (Å²) in [7, 11) is 2.02. The van der Waals surface area contributed by atoms with Gasteiger partial charge in [-0.25, -0.2) is 14.8 Å². The van der Waals surface area contributed by atoms with Gasteiger partial charge < -0.3 is 15.1 Å². The molecule has 9 heteroatoms. The van der Waals surface area contributed by atoms with Gasteiger partial charge in [0.1, 0.15) is 0 Å². The van der Waals surface area contributed by atoms with Crippen molar-refractivity contribution in [3.63, 3.8) is 0 Å². The Morgan fingerprint density at radius 3 is 2.38 bits per heavy atom. The van der Waals surface area contributed by atoms with Crippen LogP contribution in [0.5, 0.6) is 0 Å². The van der Waals surface area contributed by atoms with E-state index in [9.17, 15) is 14.9 Å². The summed E-state index contributed by atoms with van der Waals surface area (Å²) in [5.41, 5.74) is 2.80. The Labute approximate surface area is 185 Å². The molecule has 1 fully saturated rings. The van der Waals surface area contributed by atoms with Gasteiger partial charge in [-0.3, -0.25) is 10.1 Å². The molecule has 2 heterocycles. The number of aromatic nitrogens is 2. The summed E-state index contributed by atoms with van der Waals surface area (Å²) in [6.07, 6.45) is 0. The number of piperazine rings is 1. The molecule has 1 aromatic heterocycles. The molecule has 1 aliphatic rings. The number of carbonyl (C=O) groups excluding carboxylic acids is 1. The number of non-ortho nitro benzene ring substituents is 1. The lowest BCUT2D eigenvalue weighted by Gasteiger charge is -2.32. The second kappa shape index (κ2) is 9.11. The molecule has 0 aliphatic carbocycles. The molecule has 164 valence electrons. The number of carbonyl (C=O) groups is 1. The second-order valence-corrected chi connectivity index (χ2v) is 7.75. The van der Waals surface area contributed by atoms with Crippen molar-refractivity contribution < 1.29 is 9.72 Å². The monoisotopic (exact) mass is 432 g/mol. The normalized spacial score (nSPS) is 14.2. The van der Waals surface area contributed by atoms with Crippen molar-refractivity contribution in [3.8, 4) is 22.6 Å². The number of rotatable bonds is 4. The molecule has 4 rings (SSSR count). The van der Waals surface area contributed by atoms with Gasteiger partial charge in [-0.2, -0.15) is 0 Å². The number of benzene rings is 2. The van der Waals surface area contributed by atoms with Crippen LogP contribution in [0.3, 0.4) is 0 Å². The maximum absolute atomic E-state index is 13.0. The van der Waals surface area contributed by atoms with Crippen LogP contribution in [0.1, 0.15) is 5.69 Å². The number of hydrogen-bond acceptors (Lipinski definition) is 6. The maximum atomic E-state index is 13.0. The lowest BCUT2D eigenvalue weighted by Crippen LogP contribution is -2.48. The molecule has 9 nitrogen and oxygen atoms in total. The number of nitro groups is 1. The summed E-state index contributed by atoms with van der Waals surface area (Å²) in [4.78, 5) is 37.1. The lowest BCUT2D eigenvalue weighted by molar-refractivity contribution is -0.384. The van der Waals surface area contributed by atoms with E-state index in [1.165, 1.54) is 12.1 Å². The Hall–Kier alpha value is -3.85. The zero-order chi connectivity index (χ0) is 22.7. The van der Waals surface area contributed by atoms with Crippen LogP contribution in [0.2, 0.25) is 0 Å². The predicted octanol–water partition coefficient (Wildman–Crippen LogP) is 3.81. The molecule has 0 spiro atoms. The van der Waals surface area contributed by atoms with E-state index >= 15 is 0 Å². The van der Waals surface area contributed by atoms with Crippen molar-refractivity contribution in [3.05, 3.63) is 70.4 Å². The third kappa shape index (κ3) is 4.57. The van der Waals surface area contributed by atoms with Crippen LogP contribution in [0.4, 0.5) is 16.2 Å². The van der Waals surface area contributed by atoms with Crippen LogP contribution in [-0.4, -0.2) is 63.9 Å². The summed E-state index contributed by atoms with van der Waals surface area (Å²) in [5, 5.41) is 14.3. The van der Waals surface area contributed by atoms with Crippen LogP contribution in [0.15, 0.2) is 54.6 Å². The molecule has 0 bridgehead atoms. The summed E-state index contributed by atoms with van der Waals surface area (Å²) >= 11 is 0. The fourth-order valence-electron chi connectivity index (χ4n) is 3.61. The minimum atomic E-state index is -0.446. The number of urea groups is 1. The van der Waals surface area contributed by atoms with Crippen molar-refractivity contribution in [2.75, 3.05) is 38.5 Å². The average Bonchev–Trinajstić information content (AvgIpc) is 2.81. The first-order valence-corrected chi connectivity index (χ1v) is 10.4. The SMILES string of the molecule is Cc1nc(-c2ccccc2)nc(-c2cccc([N+](=O)[O-])c2)c1NC(=O)N1CCN(C)CC1. The topological polar surface area (TPSA) is 104 Å². The Morgan fingerprint density at radius 1 is 1.00 bits per heavy atom. The maximum Gasteiger partial charge on any atom is 0.322 e. The van der Waals surface area contributed by atoms with Crippen molar-refractivity contribution in [2.24, 2.45) is 0 Å². The first-order valence-electron chi connectivity index (χ1n) is 10.4. The molecule has 1 N–H and O–H groups in total. The lowest BCUT2D eigenvalue weighted by atomic mass is 10.1. The Balaban J connectivity index is 1.77. The van der Waals surface area contributed by atoms with E-state index < -0.39 is 4.92 Å². The largest absolute Gasteiger partial charge is 0.322 e. The van der Waals surface area contributed by atoms with Gasteiger partial charge in [0.25, 0.3) is 5.69 Å². The van der Waals surface area contributed by atoms with Gasteiger partial charge >= 0.3 is 6.03 Å². The number of nitrogens with zero attached hydrogens (tertiary/aromatic N) is 5. The van der Waals surface area contributed by atoms with Crippen LogP contribution in [0.25, 0.3) is 22.6 Å². The van der Waals surface area contributed by atoms with E-state index in [0.717, 1.165) is 18.7 Å². The number of anilines is 1. The number of aryl methyl sites for hydroxylation is 1. The van der Waals surface area contributed by atoms with Gasteiger partial charge in [0, 0.05) is 49.4 Å². The zero-order valence-electron chi connectivity index (χ0n) is 18.0.